The van der Waals surface area contributed by atoms with Crippen molar-refractivity contribution in [1.82, 2.24) is 15.3 Å². The van der Waals surface area contributed by atoms with E-state index < -0.39 is 0 Å². The Bertz CT molecular complexity index is 1270. The van der Waals surface area contributed by atoms with E-state index in [4.69, 9.17) is 37.7 Å². The van der Waals surface area contributed by atoms with Gasteiger partial charge in [0, 0.05) is 36.7 Å². The minimum absolute atomic E-state index is 0.0744. The Hall–Kier alpha value is -2.59. The van der Waals surface area contributed by atoms with Crippen molar-refractivity contribution in [3.05, 3.63) is 67.9 Å². The van der Waals surface area contributed by atoms with Crippen LogP contribution in [0.5, 0.6) is 0 Å². The number of ether oxygens (including phenoxy) is 2. The third kappa shape index (κ3) is 4.98. The van der Waals surface area contributed by atoms with Crippen LogP contribution in [0.4, 0.5) is 5.13 Å². The van der Waals surface area contributed by atoms with Crippen molar-refractivity contribution >= 4 is 51.5 Å². The van der Waals surface area contributed by atoms with Gasteiger partial charge in [0.05, 0.1) is 35.6 Å². The Morgan fingerprint density at radius 1 is 1.17 bits per heavy atom. The first-order chi connectivity index (χ1) is 17.4. The highest BCUT2D eigenvalue weighted by atomic mass is 35.5. The number of carbonyl (C=O) groups is 2. The number of aromatic amines is 1. The van der Waals surface area contributed by atoms with Crippen LogP contribution in [0.25, 0.3) is 0 Å². The summed E-state index contributed by atoms with van der Waals surface area (Å²) >= 11 is 13.6. The Labute approximate surface area is 222 Å². The van der Waals surface area contributed by atoms with E-state index in [9.17, 15) is 9.59 Å². The lowest BCUT2D eigenvalue weighted by Crippen LogP contribution is -2.34. The fraction of sp³-hybridized carbons (Fsp3) is 0.400. The molecule has 0 spiro atoms. The van der Waals surface area contributed by atoms with Crippen LogP contribution in [0.15, 0.2) is 30.3 Å². The van der Waals surface area contributed by atoms with Gasteiger partial charge in [0.1, 0.15) is 10.6 Å². The van der Waals surface area contributed by atoms with Gasteiger partial charge in [-0.25, -0.2) is 9.78 Å². The summed E-state index contributed by atoms with van der Waals surface area (Å²) < 4.78 is 11.1. The Morgan fingerprint density at radius 3 is 2.53 bits per heavy atom. The zero-order chi connectivity index (χ0) is 25.4. The standard InChI is InChI=1S/C25H26Cl2N4O4S/c1-3-35-24(33)22-17(12-34-11-14-7-5-4-6-8-14)29-25(36-22)31-9-15-16(10-31)20(15)30-23(32)21-19(27)18(26)13(2)28-21/h4-8,15-16,20,28H,3,9-12H2,1-2H3,(H,30,32)/t15-,16+,20-. The van der Waals surface area contributed by atoms with Crippen molar-refractivity contribution in [2.75, 3.05) is 24.6 Å². The molecule has 0 radical (unpaired) electrons. The number of aromatic nitrogens is 2. The summed E-state index contributed by atoms with van der Waals surface area (Å²) in [6.45, 7) is 5.99. The lowest BCUT2D eigenvalue weighted by atomic mass is 10.2. The maximum absolute atomic E-state index is 12.7. The molecule has 8 nitrogen and oxygen atoms in total. The number of rotatable bonds is 9. The van der Waals surface area contributed by atoms with Crippen LogP contribution in [0.3, 0.4) is 0 Å². The van der Waals surface area contributed by atoms with Crippen molar-refractivity contribution in [1.29, 1.82) is 0 Å². The number of esters is 1. The third-order valence-corrected chi connectivity index (χ3v) is 8.63. The summed E-state index contributed by atoms with van der Waals surface area (Å²) in [6.07, 6.45) is 0. The number of anilines is 1. The molecule has 0 bridgehead atoms. The first kappa shape index (κ1) is 25.1. The van der Waals surface area contributed by atoms with Crippen molar-refractivity contribution < 1.29 is 19.1 Å². The van der Waals surface area contributed by atoms with Crippen LogP contribution in [0.2, 0.25) is 10.0 Å². The molecule has 1 aliphatic heterocycles. The summed E-state index contributed by atoms with van der Waals surface area (Å²) in [5, 5.41) is 4.45. The predicted octanol–water partition coefficient (Wildman–Crippen LogP) is 4.84. The molecule has 1 aromatic carbocycles. The van der Waals surface area contributed by atoms with E-state index in [1.807, 2.05) is 30.3 Å². The molecule has 1 saturated heterocycles. The number of carbonyl (C=O) groups excluding carboxylic acids is 2. The summed E-state index contributed by atoms with van der Waals surface area (Å²) in [5.74, 6) is -0.0116. The Kier molecular flexibility index (Phi) is 7.25. The van der Waals surface area contributed by atoms with Crippen LogP contribution in [0.1, 0.15) is 44.0 Å². The maximum Gasteiger partial charge on any atom is 0.350 e. The molecule has 11 heteroatoms. The molecule has 0 unspecified atom stereocenters. The molecule has 2 aromatic heterocycles. The van der Waals surface area contributed by atoms with Gasteiger partial charge in [0.25, 0.3) is 5.91 Å². The van der Waals surface area contributed by atoms with E-state index in [1.165, 1.54) is 11.3 Å². The lowest BCUT2D eigenvalue weighted by molar-refractivity contribution is 0.0522. The number of amides is 1. The van der Waals surface area contributed by atoms with Crippen molar-refractivity contribution in [2.45, 2.75) is 33.1 Å². The monoisotopic (exact) mass is 548 g/mol. The fourth-order valence-corrected chi connectivity index (χ4v) is 6.01. The van der Waals surface area contributed by atoms with E-state index in [0.29, 0.717) is 52.0 Å². The van der Waals surface area contributed by atoms with Gasteiger partial charge in [-0.2, -0.15) is 0 Å². The van der Waals surface area contributed by atoms with Crippen LogP contribution in [0, 0.1) is 18.8 Å². The maximum atomic E-state index is 12.7. The van der Waals surface area contributed by atoms with E-state index in [1.54, 1.807) is 13.8 Å². The smallest absolute Gasteiger partial charge is 0.350 e. The second-order valence-corrected chi connectivity index (χ2v) is 10.7. The molecular formula is C25H26Cl2N4O4S. The first-order valence-corrected chi connectivity index (χ1v) is 13.3. The van der Waals surface area contributed by atoms with E-state index in [2.05, 4.69) is 15.2 Å². The van der Waals surface area contributed by atoms with Gasteiger partial charge in [0.15, 0.2) is 5.13 Å². The average molecular weight is 549 g/mol. The van der Waals surface area contributed by atoms with Crippen molar-refractivity contribution in [2.24, 2.45) is 11.8 Å². The highest BCUT2D eigenvalue weighted by Gasteiger charge is 2.57. The number of nitrogens with one attached hydrogen (secondary N) is 2. The highest BCUT2D eigenvalue weighted by molar-refractivity contribution is 7.17. The Balaban J connectivity index is 1.21. The van der Waals surface area contributed by atoms with E-state index >= 15 is 0 Å². The molecule has 5 rings (SSSR count). The zero-order valence-corrected chi connectivity index (χ0v) is 22.2. The summed E-state index contributed by atoms with van der Waals surface area (Å²) in [6, 6.07) is 9.93. The van der Waals surface area contributed by atoms with Gasteiger partial charge in [-0.1, -0.05) is 64.9 Å². The molecule has 1 amide bonds. The number of halogens is 2. The molecule has 36 heavy (non-hydrogen) atoms. The van der Waals surface area contributed by atoms with E-state index in [0.717, 1.165) is 23.8 Å². The molecule has 3 aromatic rings. The minimum atomic E-state index is -0.383. The lowest BCUT2D eigenvalue weighted by Gasteiger charge is -2.19. The van der Waals surface area contributed by atoms with Crippen LogP contribution >= 0.6 is 34.5 Å². The molecule has 2 fully saturated rings. The summed E-state index contributed by atoms with van der Waals surface area (Å²) in [7, 11) is 0. The van der Waals surface area contributed by atoms with Gasteiger partial charge >= 0.3 is 5.97 Å². The van der Waals surface area contributed by atoms with Gasteiger partial charge in [-0.15, -0.1) is 0 Å². The molecule has 2 aliphatic rings. The average Bonchev–Trinajstić information content (AvgIpc) is 3.23. The van der Waals surface area contributed by atoms with Gasteiger partial charge < -0.3 is 24.7 Å². The number of H-pyrrole nitrogens is 1. The van der Waals surface area contributed by atoms with Gasteiger partial charge in [0.2, 0.25) is 0 Å². The number of hydrogen-bond donors (Lipinski definition) is 2. The molecular weight excluding hydrogens is 523 g/mol. The number of benzene rings is 1. The number of piperidine rings is 1. The third-order valence-electron chi connectivity index (χ3n) is 6.54. The van der Waals surface area contributed by atoms with E-state index in [-0.39, 0.29) is 29.5 Å². The minimum Gasteiger partial charge on any atom is -0.462 e. The Morgan fingerprint density at radius 2 is 1.89 bits per heavy atom. The number of aryl methyl sites for hydroxylation is 1. The second kappa shape index (κ2) is 10.4. The molecule has 2 N–H and O–H groups in total. The molecule has 1 saturated carbocycles. The molecule has 190 valence electrons. The fourth-order valence-electron chi connectivity index (χ4n) is 4.62. The van der Waals surface area contributed by atoms with Crippen LogP contribution in [-0.4, -0.2) is 47.6 Å². The quantitative estimate of drug-likeness (QED) is 0.371. The van der Waals surface area contributed by atoms with Gasteiger partial charge in [-0.3, -0.25) is 4.79 Å². The summed E-state index contributed by atoms with van der Waals surface area (Å²) in [5.41, 5.74) is 2.60. The SMILES string of the molecule is CCOC(=O)c1sc(N2C[C@@H]3[C@H](C2)[C@@H]3NC(=O)c2[nH]c(C)c(Cl)c2Cl)nc1COCc1ccccc1. The number of nitrogens with zero attached hydrogens (tertiary/aromatic N) is 2. The molecule has 3 heterocycles. The molecule has 1 aliphatic carbocycles. The first-order valence-electron chi connectivity index (χ1n) is 11.7. The normalized spacial score (nSPS) is 20.3. The zero-order valence-electron chi connectivity index (χ0n) is 19.8. The summed E-state index contributed by atoms with van der Waals surface area (Å²) in [4.78, 5) is 35.6. The van der Waals surface area contributed by atoms with Crippen LogP contribution < -0.4 is 10.2 Å². The molecule has 3 atom stereocenters. The topological polar surface area (TPSA) is 96.6 Å². The highest BCUT2D eigenvalue weighted by Crippen LogP contribution is 2.48. The van der Waals surface area contributed by atoms with Crippen molar-refractivity contribution in [3.63, 3.8) is 0 Å². The number of hydrogen-bond acceptors (Lipinski definition) is 7. The predicted molar refractivity (Wildman–Crippen MR) is 139 cm³/mol. The van der Waals surface area contributed by atoms with Crippen LogP contribution in [-0.2, 0) is 22.7 Å². The second-order valence-electron chi connectivity index (χ2n) is 8.96. The number of fused-ring (bicyclic) bond motifs is 1. The van der Waals surface area contributed by atoms with Gasteiger partial charge in [-0.05, 0) is 19.4 Å². The largest absolute Gasteiger partial charge is 0.462 e. The van der Waals surface area contributed by atoms with Crippen molar-refractivity contribution in [3.8, 4) is 0 Å². The number of thiazole rings is 1.